The number of β-amino-alcohol motifs (C(OH)–C–C–N with tert-alkyl or cyclic N) is 1. The van der Waals surface area contributed by atoms with E-state index in [1.165, 1.54) is 6.54 Å². The number of nitrogens with one attached hydrogen (secondary N) is 1. The lowest BCUT2D eigenvalue weighted by Crippen LogP contribution is -2.50. The van der Waals surface area contributed by atoms with Gasteiger partial charge in [0.25, 0.3) is 0 Å². The van der Waals surface area contributed by atoms with Crippen molar-refractivity contribution in [1.29, 1.82) is 0 Å². The van der Waals surface area contributed by atoms with Gasteiger partial charge in [-0.3, -0.25) is 4.90 Å². The van der Waals surface area contributed by atoms with Crippen LogP contribution in [-0.4, -0.2) is 73.4 Å². The standard InChI is InChI=1S/C15H33N3O/c1-13(2)9-16-10-15(19)12-18-7-5-17(6-8-18)11-14(3)4/h13-16,19H,5-12H2,1-4H3. The minimum Gasteiger partial charge on any atom is -0.390 e. The zero-order valence-electron chi connectivity index (χ0n) is 13.2. The molecule has 0 aliphatic carbocycles. The van der Waals surface area contributed by atoms with E-state index in [4.69, 9.17) is 0 Å². The van der Waals surface area contributed by atoms with E-state index < -0.39 is 0 Å². The summed E-state index contributed by atoms with van der Waals surface area (Å²) in [7, 11) is 0. The fourth-order valence-electron chi connectivity index (χ4n) is 2.57. The van der Waals surface area contributed by atoms with Crippen molar-refractivity contribution in [2.75, 3.05) is 52.4 Å². The van der Waals surface area contributed by atoms with Gasteiger partial charge < -0.3 is 15.3 Å². The first kappa shape index (κ1) is 16.9. The molecule has 0 radical (unpaired) electrons. The molecule has 4 nitrogen and oxygen atoms in total. The van der Waals surface area contributed by atoms with Crippen molar-refractivity contribution in [3.8, 4) is 0 Å². The molecule has 1 rings (SSSR count). The Hall–Kier alpha value is -0.160. The first-order valence-electron chi connectivity index (χ1n) is 7.81. The van der Waals surface area contributed by atoms with Gasteiger partial charge >= 0.3 is 0 Å². The molecule has 114 valence electrons. The quantitative estimate of drug-likeness (QED) is 0.687. The molecular weight excluding hydrogens is 238 g/mol. The molecule has 0 aromatic carbocycles. The van der Waals surface area contributed by atoms with Gasteiger partial charge in [0.2, 0.25) is 0 Å². The van der Waals surface area contributed by atoms with Crippen molar-refractivity contribution in [2.45, 2.75) is 33.8 Å². The fraction of sp³-hybridized carbons (Fsp3) is 1.00. The predicted octanol–water partition coefficient (Wildman–Crippen LogP) is 0.867. The van der Waals surface area contributed by atoms with Crippen LogP contribution in [0.4, 0.5) is 0 Å². The van der Waals surface area contributed by atoms with Crippen molar-refractivity contribution in [1.82, 2.24) is 15.1 Å². The van der Waals surface area contributed by atoms with Gasteiger partial charge in [0.05, 0.1) is 6.10 Å². The minimum absolute atomic E-state index is 0.240. The summed E-state index contributed by atoms with van der Waals surface area (Å²) in [6.45, 7) is 17.1. The topological polar surface area (TPSA) is 38.7 Å². The van der Waals surface area contributed by atoms with E-state index >= 15 is 0 Å². The third-order valence-electron chi connectivity index (χ3n) is 3.49. The first-order chi connectivity index (χ1) is 8.97. The van der Waals surface area contributed by atoms with Crippen LogP contribution < -0.4 is 5.32 Å². The zero-order valence-corrected chi connectivity index (χ0v) is 13.2. The summed E-state index contributed by atoms with van der Waals surface area (Å²) in [4.78, 5) is 4.92. The molecule has 4 heteroatoms. The Morgan fingerprint density at radius 3 is 1.84 bits per heavy atom. The van der Waals surface area contributed by atoms with E-state index in [1.54, 1.807) is 0 Å². The number of rotatable bonds is 8. The molecule has 1 aliphatic heterocycles. The van der Waals surface area contributed by atoms with Crippen LogP contribution in [0.5, 0.6) is 0 Å². The Morgan fingerprint density at radius 1 is 0.842 bits per heavy atom. The maximum absolute atomic E-state index is 10.0. The normalized spacial score (nSPS) is 20.4. The van der Waals surface area contributed by atoms with Crippen molar-refractivity contribution in [3.05, 3.63) is 0 Å². The maximum Gasteiger partial charge on any atom is 0.0791 e. The number of aliphatic hydroxyl groups excluding tert-OH is 1. The molecule has 0 aromatic rings. The molecule has 0 aromatic heterocycles. The number of hydrogen-bond acceptors (Lipinski definition) is 4. The van der Waals surface area contributed by atoms with Crippen LogP contribution in [0.25, 0.3) is 0 Å². The van der Waals surface area contributed by atoms with Crippen molar-refractivity contribution in [3.63, 3.8) is 0 Å². The summed E-state index contributed by atoms with van der Waals surface area (Å²) in [5, 5.41) is 13.3. The van der Waals surface area contributed by atoms with Gasteiger partial charge in [-0.15, -0.1) is 0 Å². The van der Waals surface area contributed by atoms with Crippen molar-refractivity contribution < 1.29 is 5.11 Å². The lowest BCUT2D eigenvalue weighted by atomic mass is 10.2. The molecule has 1 heterocycles. The van der Waals surface area contributed by atoms with Gasteiger partial charge in [0.1, 0.15) is 0 Å². The number of hydrogen-bond donors (Lipinski definition) is 2. The summed E-state index contributed by atoms with van der Waals surface area (Å²) < 4.78 is 0. The monoisotopic (exact) mass is 271 g/mol. The molecule has 1 unspecified atom stereocenters. The highest BCUT2D eigenvalue weighted by Gasteiger charge is 2.19. The highest BCUT2D eigenvalue weighted by atomic mass is 16.3. The second-order valence-corrected chi connectivity index (χ2v) is 6.70. The number of aliphatic hydroxyl groups is 1. The highest BCUT2D eigenvalue weighted by molar-refractivity contribution is 4.75. The molecule has 1 saturated heterocycles. The van der Waals surface area contributed by atoms with Crippen LogP contribution in [0.15, 0.2) is 0 Å². The average Bonchev–Trinajstić information content (AvgIpc) is 2.30. The van der Waals surface area contributed by atoms with Crippen LogP contribution in [0.2, 0.25) is 0 Å². The van der Waals surface area contributed by atoms with Crippen LogP contribution in [0.3, 0.4) is 0 Å². The Labute approximate surface area is 119 Å². The second-order valence-electron chi connectivity index (χ2n) is 6.70. The van der Waals surface area contributed by atoms with Gasteiger partial charge in [0.15, 0.2) is 0 Å². The molecule has 1 fully saturated rings. The van der Waals surface area contributed by atoms with Crippen molar-refractivity contribution in [2.24, 2.45) is 11.8 Å². The van der Waals surface area contributed by atoms with Crippen molar-refractivity contribution >= 4 is 0 Å². The summed E-state index contributed by atoms with van der Waals surface area (Å²) in [5.41, 5.74) is 0. The van der Waals surface area contributed by atoms with Gasteiger partial charge in [-0.05, 0) is 18.4 Å². The third kappa shape index (κ3) is 7.88. The SMILES string of the molecule is CC(C)CNCC(O)CN1CCN(CC(C)C)CC1. The fourth-order valence-corrected chi connectivity index (χ4v) is 2.57. The van der Waals surface area contributed by atoms with Crippen LogP contribution in [-0.2, 0) is 0 Å². The Bertz CT molecular complexity index is 225. The summed E-state index contributed by atoms with van der Waals surface area (Å²) in [6, 6.07) is 0. The van der Waals surface area contributed by atoms with Gasteiger partial charge in [-0.25, -0.2) is 0 Å². The number of piperazine rings is 1. The van der Waals surface area contributed by atoms with E-state index in [0.717, 1.165) is 45.2 Å². The lowest BCUT2D eigenvalue weighted by Gasteiger charge is -2.36. The van der Waals surface area contributed by atoms with E-state index in [0.29, 0.717) is 12.5 Å². The Kier molecular flexibility index (Phi) is 7.91. The van der Waals surface area contributed by atoms with Crippen LogP contribution >= 0.6 is 0 Å². The van der Waals surface area contributed by atoms with E-state index in [2.05, 4.69) is 42.8 Å². The molecule has 2 N–H and O–H groups in total. The molecule has 0 amide bonds. The smallest absolute Gasteiger partial charge is 0.0791 e. The molecule has 0 saturated carbocycles. The molecule has 1 aliphatic rings. The zero-order chi connectivity index (χ0) is 14.3. The molecule has 1 atom stereocenters. The highest BCUT2D eigenvalue weighted by Crippen LogP contribution is 2.05. The Balaban J connectivity index is 2.11. The van der Waals surface area contributed by atoms with Crippen LogP contribution in [0.1, 0.15) is 27.7 Å². The largest absolute Gasteiger partial charge is 0.390 e. The maximum atomic E-state index is 10.0. The third-order valence-corrected chi connectivity index (χ3v) is 3.49. The predicted molar refractivity (Wildman–Crippen MR) is 81.4 cm³/mol. The second kappa shape index (κ2) is 8.90. The first-order valence-corrected chi connectivity index (χ1v) is 7.81. The minimum atomic E-state index is -0.240. The lowest BCUT2D eigenvalue weighted by molar-refractivity contribution is 0.0685. The number of nitrogens with zero attached hydrogens (tertiary/aromatic N) is 2. The summed E-state index contributed by atoms with van der Waals surface area (Å²) >= 11 is 0. The molecule has 0 bridgehead atoms. The summed E-state index contributed by atoms with van der Waals surface area (Å²) in [5.74, 6) is 1.39. The van der Waals surface area contributed by atoms with E-state index in [9.17, 15) is 5.11 Å². The molecular formula is C15H33N3O. The van der Waals surface area contributed by atoms with Gasteiger partial charge in [-0.1, -0.05) is 27.7 Å². The molecule has 0 spiro atoms. The van der Waals surface area contributed by atoms with Gasteiger partial charge in [-0.2, -0.15) is 0 Å². The van der Waals surface area contributed by atoms with E-state index in [-0.39, 0.29) is 6.10 Å². The van der Waals surface area contributed by atoms with E-state index in [1.807, 2.05) is 0 Å². The van der Waals surface area contributed by atoms with Crippen LogP contribution in [0, 0.1) is 11.8 Å². The Morgan fingerprint density at radius 2 is 1.37 bits per heavy atom. The summed E-state index contributed by atoms with van der Waals surface area (Å²) in [6.07, 6.45) is -0.240. The van der Waals surface area contributed by atoms with Gasteiger partial charge in [0, 0.05) is 45.8 Å². The average molecular weight is 271 g/mol. The molecule has 19 heavy (non-hydrogen) atoms.